The maximum atomic E-state index is 13.8. The van der Waals surface area contributed by atoms with E-state index in [1.54, 1.807) is 14.2 Å². The van der Waals surface area contributed by atoms with Gasteiger partial charge < -0.3 is 24.6 Å². The van der Waals surface area contributed by atoms with Gasteiger partial charge in [-0.25, -0.2) is 0 Å². The Balaban J connectivity index is 0.00000110. The average molecular weight is 598 g/mol. The molecule has 3 unspecified atom stereocenters. The summed E-state index contributed by atoms with van der Waals surface area (Å²) < 4.78 is 13.2. The molecule has 1 N–H and O–H groups in total. The van der Waals surface area contributed by atoms with E-state index in [0.29, 0.717) is 19.0 Å². The highest BCUT2D eigenvalue weighted by Crippen LogP contribution is 2.50. The minimum atomic E-state index is -0.646. The van der Waals surface area contributed by atoms with Crippen LogP contribution in [0.5, 0.6) is 0 Å². The summed E-state index contributed by atoms with van der Waals surface area (Å²) in [5, 5.41) is 3.33. The first-order chi connectivity index (χ1) is 21.4. The number of nitrogens with one attached hydrogen (secondary N) is 1. The molecule has 2 amide bonds. The smallest absolute Gasteiger partial charge is 0.251 e. The molecule has 232 valence electrons. The number of carbonyl (C=O) groups is 2. The number of ether oxygens (including phenoxy) is 2. The van der Waals surface area contributed by atoms with Gasteiger partial charge in [0.15, 0.2) is 17.9 Å². The van der Waals surface area contributed by atoms with Crippen LogP contribution in [0.4, 0.5) is 5.69 Å². The first kappa shape index (κ1) is 30.4. The van der Waals surface area contributed by atoms with E-state index in [2.05, 4.69) is 93.5 Å². The Morgan fingerprint density at radius 3 is 2.25 bits per heavy atom. The number of amides is 2. The van der Waals surface area contributed by atoms with E-state index < -0.39 is 5.60 Å². The Hall–Kier alpha value is -3.59. The van der Waals surface area contributed by atoms with Crippen LogP contribution < -0.4 is 5.32 Å². The van der Waals surface area contributed by atoms with E-state index in [1.165, 1.54) is 5.56 Å². The monoisotopic (exact) mass is 597 g/mol. The third-order valence-electron chi connectivity index (χ3n) is 9.72. The maximum Gasteiger partial charge on any atom is 0.251 e. The molecule has 1 spiro atoms. The molecule has 2 aromatic rings. The summed E-state index contributed by atoms with van der Waals surface area (Å²) in [6.45, 7) is 3.40. The quantitative estimate of drug-likeness (QED) is 0.406. The number of hydrogen-bond acceptors (Lipinski definition) is 5. The second-order valence-corrected chi connectivity index (χ2v) is 12.7. The molecule has 5 aliphatic rings. The van der Waals surface area contributed by atoms with Crippen LogP contribution >= 0.6 is 0 Å². The largest absolute Gasteiger partial charge is 0.388 e. The van der Waals surface area contributed by atoms with E-state index >= 15 is 0 Å². The van der Waals surface area contributed by atoms with Crippen molar-refractivity contribution in [3.05, 3.63) is 89.5 Å². The molecule has 2 fully saturated rings. The number of piperidine rings is 2. The van der Waals surface area contributed by atoms with Crippen molar-refractivity contribution >= 4 is 23.7 Å². The van der Waals surface area contributed by atoms with Gasteiger partial charge >= 0.3 is 0 Å². The number of nitrogens with zero attached hydrogens (tertiary/aromatic N) is 3. The van der Waals surface area contributed by atoms with Crippen LogP contribution in [0, 0.1) is 5.92 Å². The van der Waals surface area contributed by atoms with Crippen molar-refractivity contribution in [2.24, 2.45) is 5.92 Å². The van der Waals surface area contributed by atoms with Crippen molar-refractivity contribution < 1.29 is 23.6 Å². The van der Waals surface area contributed by atoms with Crippen LogP contribution in [-0.2, 0) is 25.5 Å². The molecule has 3 atom stereocenters. The Labute approximate surface area is 261 Å². The zero-order chi connectivity index (χ0) is 30.7. The van der Waals surface area contributed by atoms with Crippen molar-refractivity contribution in [1.29, 1.82) is 0 Å². The number of hydrogen-bond donors (Lipinski definition) is 1. The molecular formula is C36H45N4O4+. The Morgan fingerprint density at radius 2 is 1.59 bits per heavy atom. The SMILES string of the molecule is CN1CCC(C(=O)N2CCC(NC(=O)C3=C4C=[N+](c5ccccc5)C(Cc5ccccc5)C45C=CC3O5)CC2)CC1.COC. The normalized spacial score (nSPS) is 26.7. The number of fused-ring (bicyclic) bond motifs is 1. The first-order valence-corrected chi connectivity index (χ1v) is 16.0. The minimum absolute atomic E-state index is 0.00248. The van der Waals surface area contributed by atoms with Crippen LogP contribution in [0.25, 0.3) is 0 Å². The highest BCUT2D eigenvalue weighted by molar-refractivity contribution is 6.04. The van der Waals surface area contributed by atoms with E-state index in [1.807, 2.05) is 17.0 Å². The van der Waals surface area contributed by atoms with Gasteiger partial charge in [-0.1, -0.05) is 54.6 Å². The molecular weight excluding hydrogens is 552 g/mol. The van der Waals surface area contributed by atoms with Crippen LogP contribution in [-0.4, -0.2) is 104 Å². The number of benzene rings is 2. The van der Waals surface area contributed by atoms with Gasteiger partial charge in [-0.2, -0.15) is 4.58 Å². The molecule has 0 aliphatic carbocycles. The summed E-state index contributed by atoms with van der Waals surface area (Å²) in [6, 6.07) is 20.9. The summed E-state index contributed by atoms with van der Waals surface area (Å²) >= 11 is 0. The lowest BCUT2D eigenvalue weighted by Crippen LogP contribution is -2.49. The number of para-hydroxylation sites is 1. The highest BCUT2D eigenvalue weighted by atomic mass is 16.5. The zero-order valence-electron chi connectivity index (χ0n) is 26.2. The van der Waals surface area contributed by atoms with Gasteiger partial charge in [-0.05, 0) is 57.5 Å². The molecule has 0 radical (unpaired) electrons. The number of carbonyl (C=O) groups excluding carboxylic acids is 2. The van der Waals surface area contributed by atoms with E-state index in [0.717, 1.165) is 62.0 Å². The fourth-order valence-corrected chi connectivity index (χ4v) is 7.38. The Bertz CT molecular complexity index is 1420. The van der Waals surface area contributed by atoms with Crippen LogP contribution in [0.1, 0.15) is 31.2 Å². The molecule has 0 saturated carbocycles. The zero-order valence-corrected chi connectivity index (χ0v) is 26.2. The molecule has 5 aliphatic heterocycles. The predicted molar refractivity (Wildman–Crippen MR) is 171 cm³/mol. The molecule has 7 rings (SSSR count). The number of methoxy groups -OCH3 is 1. The minimum Gasteiger partial charge on any atom is -0.388 e. The maximum absolute atomic E-state index is 13.8. The second kappa shape index (κ2) is 13.2. The standard InChI is InChI=1S/C34H38N4O3.C2H6O/c1-36-18-13-25(14-19-36)33(40)37-20-15-26(16-21-37)35-32(39)31-28-23-38(27-10-6-3-7-11-27)30(22-24-8-4-2-5-9-24)34(28)17-12-29(31)41-34;1-3-2/h2-12,17,23,25-26,29-30H,13-16,18-22H2,1H3;1-2H3/p+1. The molecule has 5 heterocycles. The van der Waals surface area contributed by atoms with Gasteiger partial charge in [0.2, 0.25) is 11.6 Å². The summed E-state index contributed by atoms with van der Waals surface area (Å²) in [7, 11) is 5.37. The fraction of sp³-hybridized carbons (Fsp3) is 0.472. The highest BCUT2D eigenvalue weighted by Gasteiger charge is 2.63. The van der Waals surface area contributed by atoms with Gasteiger partial charge in [-0.3, -0.25) is 9.59 Å². The van der Waals surface area contributed by atoms with Gasteiger partial charge in [0.05, 0.1) is 11.1 Å². The molecule has 2 bridgehead atoms. The fourth-order valence-electron chi connectivity index (χ4n) is 7.38. The van der Waals surface area contributed by atoms with Crippen molar-refractivity contribution in [3.63, 3.8) is 0 Å². The van der Waals surface area contributed by atoms with Gasteiger partial charge in [-0.15, -0.1) is 0 Å². The summed E-state index contributed by atoms with van der Waals surface area (Å²) in [5.74, 6) is 0.404. The predicted octanol–water partition coefficient (Wildman–Crippen LogP) is 3.74. The van der Waals surface area contributed by atoms with Crippen LogP contribution in [0.15, 0.2) is 84.0 Å². The summed E-state index contributed by atoms with van der Waals surface area (Å²) in [4.78, 5) is 31.3. The summed E-state index contributed by atoms with van der Waals surface area (Å²) in [6.07, 6.45) is 10.3. The Morgan fingerprint density at radius 1 is 0.955 bits per heavy atom. The molecule has 2 aromatic carbocycles. The number of likely N-dealkylation sites (tertiary alicyclic amines) is 2. The topological polar surface area (TPSA) is 74.1 Å². The van der Waals surface area contributed by atoms with Crippen LogP contribution in [0.3, 0.4) is 0 Å². The molecule has 44 heavy (non-hydrogen) atoms. The van der Waals surface area contributed by atoms with Gasteiger partial charge in [0, 0.05) is 57.8 Å². The van der Waals surface area contributed by atoms with E-state index in [9.17, 15) is 9.59 Å². The average Bonchev–Trinajstić information content (AvgIpc) is 3.72. The van der Waals surface area contributed by atoms with Gasteiger partial charge in [0.25, 0.3) is 5.91 Å². The first-order valence-electron chi connectivity index (χ1n) is 16.0. The molecule has 2 saturated heterocycles. The molecule has 8 nitrogen and oxygen atoms in total. The lowest BCUT2D eigenvalue weighted by atomic mass is 9.82. The van der Waals surface area contributed by atoms with Crippen molar-refractivity contribution in [1.82, 2.24) is 15.1 Å². The molecule has 0 aromatic heterocycles. The van der Waals surface area contributed by atoms with E-state index in [4.69, 9.17) is 4.74 Å². The van der Waals surface area contributed by atoms with Gasteiger partial charge in [0.1, 0.15) is 6.10 Å². The Kier molecular flexibility index (Phi) is 9.12. The van der Waals surface area contributed by atoms with Crippen LogP contribution in [0.2, 0.25) is 0 Å². The number of rotatable bonds is 6. The van der Waals surface area contributed by atoms with Crippen molar-refractivity contribution in [2.75, 3.05) is 47.4 Å². The van der Waals surface area contributed by atoms with Crippen molar-refractivity contribution in [2.45, 2.75) is 55.9 Å². The lowest BCUT2D eigenvalue weighted by Gasteiger charge is -2.36. The molecule has 8 heteroatoms. The lowest BCUT2D eigenvalue weighted by molar-refractivity contribution is -0.488. The second-order valence-electron chi connectivity index (χ2n) is 12.7. The summed E-state index contributed by atoms with van der Waals surface area (Å²) in [5.41, 5.74) is 3.39. The third-order valence-corrected chi connectivity index (χ3v) is 9.72. The van der Waals surface area contributed by atoms with E-state index in [-0.39, 0.29) is 30.0 Å². The van der Waals surface area contributed by atoms with Crippen molar-refractivity contribution in [3.8, 4) is 0 Å². The third kappa shape index (κ3) is 5.91.